The fraction of sp³-hybridized carbons (Fsp3) is 0. The Balaban J connectivity index is 1.27. The van der Waals surface area contributed by atoms with Gasteiger partial charge in [-0.15, -0.1) is 0 Å². The summed E-state index contributed by atoms with van der Waals surface area (Å²) in [6, 6.07) is 57.7. The zero-order valence-electron chi connectivity index (χ0n) is 26.8. The van der Waals surface area contributed by atoms with Gasteiger partial charge in [0.15, 0.2) is 17.5 Å². The second-order valence-corrected chi connectivity index (χ2v) is 12.9. The zero-order chi connectivity index (χ0) is 32.8. The molecule has 232 valence electrons. The van der Waals surface area contributed by atoms with Crippen molar-refractivity contribution in [2.45, 2.75) is 0 Å². The van der Waals surface area contributed by atoms with Crippen LogP contribution in [0.15, 0.2) is 164 Å². The lowest BCUT2D eigenvalue weighted by atomic mass is 10.0. The summed E-state index contributed by atoms with van der Waals surface area (Å²) in [5.41, 5.74) is 10.0. The molecule has 0 spiro atoms. The van der Waals surface area contributed by atoms with E-state index in [0.29, 0.717) is 17.5 Å². The van der Waals surface area contributed by atoms with Gasteiger partial charge in [0, 0.05) is 54.7 Å². The molecule has 0 N–H and O–H groups in total. The van der Waals surface area contributed by atoms with Gasteiger partial charge in [-0.2, -0.15) is 0 Å². The van der Waals surface area contributed by atoms with Crippen molar-refractivity contribution in [3.05, 3.63) is 164 Å². The van der Waals surface area contributed by atoms with Crippen LogP contribution in [0.5, 0.6) is 0 Å². The highest BCUT2D eigenvalue weighted by Crippen LogP contribution is 2.46. The lowest BCUT2D eigenvalue weighted by molar-refractivity contribution is 1.07. The third-order valence-electron chi connectivity index (χ3n) is 10.1. The van der Waals surface area contributed by atoms with Gasteiger partial charge in [0.05, 0.1) is 27.6 Å². The normalized spacial score (nSPS) is 12.0. The van der Waals surface area contributed by atoms with E-state index in [0.717, 1.165) is 33.3 Å². The number of hydrogen-bond acceptors (Lipinski definition) is 3. The summed E-state index contributed by atoms with van der Waals surface area (Å²) >= 11 is 0. The summed E-state index contributed by atoms with van der Waals surface area (Å²) in [5.74, 6) is 1.95. The van der Waals surface area contributed by atoms with E-state index in [-0.39, 0.29) is 0 Å². The zero-order valence-corrected chi connectivity index (χ0v) is 26.8. The van der Waals surface area contributed by atoms with E-state index in [9.17, 15) is 0 Å². The molecule has 0 bridgehead atoms. The van der Waals surface area contributed by atoms with Crippen molar-refractivity contribution in [3.8, 4) is 39.9 Å². The highest BCUT2D eigenvalue weighted by molar-refractivity contribution is 6.34. The predicted molar refractivity (Wildman–Crippen MR) is 205 cm³/mol. The Labute approximate surface area is 286 Å². The fourth-order valence-electron chi connectivity index (χ4n) is 7.93. The van der Waals surface area contributed by atoms with Crippen LogP contribution in [-0.4, -0.2) is 23.9 Å². The number of hydrogen-bond donors (Lipinski definition) is 0. The van der Waals surface area contributed by atoms with Crippen molar-refractivity contribution >= 4 is 59.9 Å². The second kappa shape index (κ2) is 10.3. The van der Waals surface area contributed by atoms with Crippen LogP contribution in [0.2, 0.25) is 0 Å². The van der Waals surface area contributed by atoms with Crippen LogP contribution >= 0.6 is 0 Å². The van der Waals surface area contributed by atoms with Crippen molar-refractivity contribution in [3.63, 3.8) is 0 Å². The molecule has 7 aromatic carbocycles. The summed E-state index contributed by atoms with van der Waals surface area (Å²) in [7, 11) is 0. The highest BCUT2D eigenvalue weighted by atomic mass is 15.0. The Kier molecular flexibility index (Phi) is 5.60. The molecule has 0 saturated carbocycles. The number of aromatic nitrogens is 5. The SMILES string of the molecule is c1ccc(-c2nc(-c3ccccc3)nc(-c3ccc4c(c3)c3cc5c6ccccc6n6c7ccccc7c(c3n4-c3ccccc3)c56)n2)cc1. The van der Waals surface area contributed by atoms with Crippen LogP contribution in [0.3, 0.4) is 0 Å². The molecule has 0 radical (unpaired) electrons. The Bertz CT molecular complexity index is 3010. The van der Waals surface area contributed by atoms with E-state index < -0.39 is 0 Å². The number of para-hydroxylation sites is 3. The molecule has 11 aromatic rings. The van der Waals surface area contributed by atoms with Crippen molar-refractivity contribution in [2.24, 2.45) is 0 Å². The molecule has 0 fully saturated rings. The van der Waals surface area contributed by atoms with E-state index in [2.05, 4.69) is 112 Å². The number of fused-ring (bicyclic) bond motifs is 10. The van der Waals surface area contributed by atoms with Crippen LogP contribution in [0.4, 0.5) is 0 Å². The monoisotopic (exact) mass is 637 g/mol. The minimum absolute atomic E-state index is 0.646. The molecule has 0 saturated heterocycles. The van der Waals surface area contributed by atoms with Gasteiger partial charge in [-0.25, -0.2) is 15.0 Å². The lowest BCUT2D eigenvalue weighted by Gasteiger charge is -2.10. The molecular weight excluding hydrogens is 611 g/mol. The first-order valence-electron chi connectivity index (χ1n) is 16.9. The largest absolute Gasteiger partial charge is 0.309 e. The van der Waals surface area contributed by atoms with Gasteiger partial charge >= 0.3 is 0 Å². The molecule has 4 heterocycles. The Morgan fingerprint density at radius 1 is 0.340 bits per heavy atom. The van der Waals surface area contributed by atoms with Gasteiger partial charge in [-0.3, -0.25) is 0 Å². The smallest absolute Gasteiger partial charge is 0.164 e. The number of rotatable bonds is 4. The molecule has 0 aliphatic rings. The molecule has 0 aliphatic carbocycles. The van der Waals surface area contributed by atoms with Crippen molar-refractivity contribution < 1.29 is 0 Å². The Morgan fingerprint density at radius 2 is 0.860 bits per heavy atom. The first kappa shape index (κ1) is 27.1. The lowest BCUT2D eigenvalue weighted by Crippen LogP contribution is -2.00. The van der Waals surface area contributed by atoms with E-state index >= 15 is 0 Å². The summed E-state index contributed by atoms with van der Waals surface area (Å²) in [6.45, 7) is 0. The van der Waals surface area contributed by atoms with E-state index in [4.69, 9.17) is 15.0 Å². The first-order valence-corrected chi connectivity index (χ1v) is 16.9. The highest BCUT2D eigenvalue weighted by Gasteiger charge is 2.24. The molecule has 11 rings (SSSR count). The average molecular weight is 638 g/mol. The van der Waals surface area contributed by atoms with Crippen LogP contribution in [0.1, 0.15) is 0 Å². The molecule has 4 aromatic heterocycles. The maximum Gasteiger partial charge on any atom is 0.164 e. The second-order valence-electron chi connectivity index (χ2n) is 12.9. The third-order valence-corrected chi connectivity index (χ3v) is 10.1. The van der Waals surface area contributed by atoms with E-state index in [1.54, 1.807) is 0 Å². The standard InChI is InChI=1S/C45H27N5/c1-4-14-28(15-5-1)43-46-44(29-16-6-2-7-17-29)48-45(47-43)30-24-25-39-34(26-30)36-27-35-32-20-10-12-22-37(32)50-38-23-13-11-21-33(38)40(42(35)50)41(36)49(39)31-18-8-3-9-19-31/h1-27H. The molecule has 50 heavy (non-hydrogen) atoms. The molecule has 0 atom stereocenters. The van der Waals surface area contributed by atoms with Gasteiger partial charge in [-0.05, 0) is 48.5 Å². The summed E-state index contributed by atoms with van der Waals surface area (Å²) in [5, 5.41) is 7.39. The molecular formula is C45H27N5. The van der Waals surface area contributed by atoms with Crippen LogP contribution < -0.4 is 0 Å². The van der Waals surface area contributed by atoms with E-state index in [1.807, 2.05) is 60.7 Å². The maximum atomic E-state index is 5.07. The molecule has 0 unspecified atom stereocenters. The van der Waals surface area contributed by atoms with Gasteiger partial charge in [0.25, 0.3) is 0 Å². The summed E-state index contributed by atoms with van der Waals surface area (Å²) in [6.07, 6.45) is 0. The minimum atomic E-state index is 0.646. The van der Waals surface area contributed by atoms with Crippen molar-refractivity contribution in [1.82, 2.24) is 23.9 Å². The van der Waals surface area contributed by atoms with Gasteiger partial charge < -0.3 is 8.97 Å². The quantitative estimate of drug-likeness (QED) is 0.193. The van der Waals surface area contributed by atoms with Crippen LogP contribution in [0.25, 0.3) is 99.8 Å². The Morgan fingerprint density at radius 3 is 1.52 bits per heavy atom. The average Bonchev–Trinajstić information content (AvgIpc) is 3.83. The van der Waals surface area contributed by atoms with Gasteiger partial charge in [0.2, 0.25) is 0 Å². The summed E-state index contributed by atoms with van der Waals surface area (Å²) in [4.78, 5) is 15.1. The molecule has 5 nitrogen and oxygen atoms in total. The van der Waals surface area contributed by atoms with Crippen LogP contribution in [-0.2, 0) is 0 Å². The molecule has 0 aliphatic heterocycles. The number of nitrogens with zero attached hydrogens (tertiary/aromatic N) is 5. The van der Waals surface area contributed by atoms with Gasteiger partial charge in [0.1, 0.15) is 0 Å². The first-order chi connectivity index (χ1) is 24.8. The van der Waals surface area contributed by atoms with Crippen molar-refractivity contribution in [2.75, 3.05) is 0 Å². The minimum Gasteiger partial charge on any atom is -0.309 e. The maximum absolute atomic E-state index is 5.07. The predicted octanol–water partition coefficient (Wildman–Crippen LogP) is 11.1. The topological polar surface area (TPSA) is 48.0 Å². The summed E-state index contributed by atoms with van der Waals surface area (Å²) < 4.78 is 4.89. The third kappa shape index (κ3) is 3.80. The molecule has 0 amide bonds. The number of benzene rings is 7. The fourth-order valence-corrected chi connectivity index (χ4v) is 7.93. The van der Waals surface area contributed by atoms with Crippen molar-refractivity contribution in [1.29, 1.82) is 0 Å². The van der Waals surface area contributed by atoms with Gasteiger partial charge in [-0.1, -0.05) is 115 Å². The van der Waals surface area contributed by atoms with Crippen LogP contribution in [0, 0.1) is 0 Å². The Hall–Kier alpha value is -6.85. The van der Waals surface area contributed by atoms with E-state index in [1.165, 1.54) is 49.0 Å². The molecule has 5 heteroatoms.